The average molecular weight is 357 g/mol. The number of nitriles is 1. The Kier molecular flexibility index (Phi) is 5.57. The van der Waals surface area contributed by atoms with Crippen LogP contribution in [0.15, 0.2) is 53.4 Å². The van der Waals surface area contributed by atoms with E-state index in [4.69, 9.17) is 5.26 Å². The molecule has 7 heteroatoms. The van der Waals surface area contributed by atoms with E-state index >= 15 is 0 Å². The van der Waals surface area contributed by atoms with E-state index in [9.17, 15) is 13.2 Å². The zero-order valence-electron chi connectivity index (χ0n) is 14.2. The highest BCUT2D eigenvalue weighted by Crippen LogP contribution is 2.18. The summed E-state index contributed by atoms with van der Waals surface area (Å²) in [5.74, 6) is -0.378. The van der Waals surface area contributed by atoms with Crippen molar-refractivity contribution in [3.8, 4) is 6.07 Å². The Morgan fingerprint density at radius 2 is 1.80 bits per heavy atom. The summed E-state index contributed by atoms with van der Waals surface area (Å²) in [4.78, 5) is 12.4. The van der Waals surface area contributed by atoms with Crippen molar-refractivity contribution in [3.63, 3.8) is 0 Å². The Labute approximate surface area is 147 Å². The Balaban J connectivity index is 2.19. The van der Waals surface area contributed by atoms with Crippen LogP contribution in [0.1, 0.15) is 29.8 Å². The SMILES string of the molecule is CC(C)N(C)S(=O)(=O)c1ccc(C(=O)Nc2cccc(C#N)c2)cc1. The maximum atomic E-state index is 12.4. The molecular formula is C18H19N3O3S. The molecule has 0 aliphatic heterocycles. The third-order valence-electron chi connectivity index (χ3n) is 3.77. The molecule has 130 valence electrons. The van der Waals surface area contributed by atoms with Crippen molar-refractivity contribution in [2.24, 2.45) is 0 Å². The van der Waals surface area contributed by atoms with Gasteiger partial charge in [0.25, 0.3) is 5.91 Å². The fourth-order valence-electron chi connectivity index (χ4n) is 2.09. The molecule has 0 bridgehead atoms. The highest BCUT2D eigenvalue weighted by Gasteiger charge is 2.23. The van der Waals surface area contributed by atoms with Gasteiger partial charge in [-0.05, 0) is 56.3 Å². The molecule has 0 atom stereocenters. The largest absolute Gasteiger partial charge is 0.322 e. The van der Waals surface area contributed by atoms with E-state index in [0.29, 0.717) is 16.8 Å². The van der Waals surface area contributed by atoms with Crippen LogP contribution in [0.5, 0.6) is 0 Å². The number of nitrogens with zero attached hydrogens (tertiary/aromatic N) is 2. The lowest BCUT2D eigenvalue weighted by Crippen LogP contribution is -2.33. The Morgan fingerprint density at radius 1 is 1.16 bits per heavy atom. The first-order valence-electron chi connectivity index (χ1n) is 7.65. The smallest absolute Gasteiger partial charge is 0.255 e. The summed E-state index contributed by atoms with van der Waals surface area (Å²) in [7, 11) is -2.07. The first kappa shape index (κ1) is 18.6. The van der Waals surface area contributed by atoms with Gasteiger partial charge in [0.05, 0.1) is 16.5 Å². The van der Waals surface area contributed by atoms with Crippen LogP contribution < -0.4 is 5.32 Å². The molecule has 1 amide bonds. The predicted molar refractivity (Wildman–Crippen MR) is 95.6 cm³/mol. The number of amides is 1. The van der Waals surface area contributed by atoms with Crippen molar-refractivity contribution >= 4 is 21.6 Å². The quantitative estimate of drug-likeness (QED) is 0.891. The fraction of sp³-hybridized carbons (Fsp3) is 0.222. The molecule has 0 radical (unpaired) electrons. The van der Waals surface area contributed by atoms with Crippen molar-refractivity contribution in [1.29, 1.82) is 5.26 Å². The summed E-state index contributed by atoms with van der Waals surface area (Å²) in [6.07, 6.45) is 0. The Morgan fingerprint density at radius 3 is 2.36 bits per heavy atom. The van der Waals surface area contributed by atoms with Crippen molar-refractivity contribution in [2.45, 2.75) is 24.8 Å². The molecular weight excluding hydrogens is 338 g/mol. The third kappa shape index (κ3) is 4.24. The number of rotatable bonds is 5. The molecule has 0 spiro atoms. The lowest BCUT2D eigenvalue weighted by molar-refractivity contribution is 0.102. The number of anilines is 1. The lowest BCUT2D eigenvalue weighted by atomic mass is 10.2. The normalized spacial score (nSPS) is 11.4. The van der Waals surface area contributed by atoms with Gasteiger partial charge in [0.1, 0.15) is 0 Å². The number of nitrogens with one attached hydrogen (secondary N) is 1. The van der Waals surface area contributed by atoms with Crippen molar-refractivity contribution in [2.75, 3.05) is 12.4 Å². The minimum Gasteiger partial charge on any atom is -0.322 e. The second kappa shape index (κ2) is 7.47. The molecule has 0 unspecified atom stereocenters. The molecule has 2 aromatic carbocycles. The minimum absolute atomic E-state index is 0.131. The summed E-state index contributed by atoms with van der Waals surface area (Å²) in [6.45, 7) is 3.57. The van der Waals surface area contributed by atoms with Crippen LogP contribution in [0.25, 0.3) is 0 Å². The molecule has 0 saturated carbocycles. The van der Waals surface area contributed by atoms with Crippen molar-refractivity contribution in [3.05, 3.63) is 59.7 Å². The van der Waals surface area contributed by atoms with E-state index in [-0.39, 0.29) is 16.8 Å². The maximum Gasteiger partial charge on any atom is 0.255 e. The van der Waals surface area contributed by atoms with Gasteiger partial charge in [-0.2, -0.15) is 9.57 Å². The van der Waals surface area contributed by atoms with Gasteiger partial charge >= 0.3 is 0 Å². The molecule has 0 aliphatic carbocycles. The van der Waals surface area contributed by atoms with Gasteiger partial charge in [0, 0.05) is 24.3 Å². The minimum atomic E-state index is -3.58. The highest BCUT2D eigenvalue weighted by molar-refractivity contribution is 7.89. The lowest BCUT2D eigenvalue weighted by Gasteiger charge is -2.21. The first-order valence-corrected chi connectivity index (χ1v) is 9.09. The number of carbonyl (C=O) groups excluding carboxylic acids is 1. The Bertz CT molecular complexity index is 913. The molecule has 25 heavy (non-hydrogen) atoms. The summed E-state index contributed by atoms with van der Waals surface area (Å²) in [5, 5.41) is 11.6. The van der Waals surface area contributed by atoms with E-state index in [1.807, 2.05) is 6.07 Å². The van der Waals surface area contributed by atoms with Gasteiger partial charge in [0.15, 0.2) is 0 Å². The van der Waals surface area contributed by atoms with Gasteiger partial charge in [0.2, 0.25) is 10.0 Å². The summed E-state index contributed by atoms with van der Waals surface area (Å²) < 4.78 is 26.1. The van der Waals surface area contributed by atoms with E-state index in [1.165, 1.54) is 35.6 Å². The topological polar surface area (TPSA) is 90.3 Å². The van der Waals surface area contributed by atoms with Crippen LogP contribution in [-0.2, 0) is 10.0 Å². The second-order valence-electron chi connectivity index (χ2n) is 5.79. The monoisotopic (exact) mass is 357 g/mol. The van der Waals surface area contributed by atoms with E-state index in [1.54, 1.807) is 38.1 Å². The number of carbonyl (C=O) groups is 1. The number of hydrogen-bond donors (Lipinski definition) is 1. The molecule has 0 fully saturated rings. The zero-order chi connectivity index (χ0) is 18.6. The average Bonchev–Trinajstić information content (AvgIpc) is 2.61. The number of sulfonamides is 1. The van der Waals surface area contributed by atoms with Crippen LogP contribution in [0, 0.1) is 11.3 Å². The zero-order valence-corrected chi connectivity index (χ0v) is 15.0. The number of hydrogen-bond acceptors (Lipinski definition) is 4. The third-order valence-corrected chi connectivity index (χ3v) is 5.82. The summed E-state index contributed by atoms with van der Waals surface area (Å²) in [5.41, 5.74) is 1.27. The first-order chi connectivity index (χ1) is 11.8. The molecule has 2 aromatic rings. The molecule has 6 nitrogen and oxygen atoms in total. The van der Waals surface area contributed by atoms with Crippen LogP contribution in [-0.4, -0.2) is 31.7 Å². The maximum absolute atomic E-state index is 12.4. The molecule has 0 aliphatic rings. The highest BCUT2D eigenvalue weighted by atomic mass is 32.2. The second-order valence-corrected chi connectivity index (χ2v) is 7.78. The summed E-state index contributed by atoms with van der Waals surface area (Å²) >= 11 is 0. The molecule has 2 rings (SSSR count). The molecule has 0 aromatic heterocycles. The van der Waals surface area contributed by atoms with Crippen LogP contribution in [0.3, 0.4) is 0 Å². The van der Waals surface area contributed by atoms with Crippen molar-refractivity contribution < 1.29 is 13.2 Å². The predicted octanol–water partition coefficient (Wildman–Crippen LogP) is 2.84. The summed E-state index contributed by atoms with van der Waals surface area (Å²) in [6, 6.07) is 14.1. The van der Waals surface area contributed by atoms with E-state index in [0.717, 1.165) is 0 Å². The molecule has 0 saturated heterocycles. The fourth-order valence-corrected chi connectivity index (χ4v) is 3.46. The van der Waals surface area contributed by atoms with Gasteiger partial charge in [-0.1, -0.05) is 6.07 Å². The van der Waals surface area contributed by atoms with E-state index < -0.39 is 10.0 Å². The van der Waals surface area contributed by atoms with Crippen LogP contribution >= 0.6 is 0 Å². The standard InChI is InChI=1S/C18H19N3O3S/c1-13(2)21(3)25(23,24)17-9-7-15(8-10-17)18(22)20-16-6-4-5-14(11-16)12-19/h4-11,13H,1-3H3,(H,20,22). The van der Waals surface area contributed by atoms with Crippen LogP contribution in [0.2, 0.25) is 0 Å². The van der Waals surface area contributed by atoms with Gasteiger partial charge in [-0.15, -0.1) is 0 Å². The Hall–Kier alpha value is -2.69. The molecule has 0 heterocycles. The van der Waals surface area contributed by atoms with Gasteiger partial charge < -0.3 is 5.32 Å². The molecule has 1 N–H and O–H groups in total. The van der Waals surface area contributed by atoms with E-state index in [2.05, 4.69) is 5.32 Å². The number of benzene rings is 2. The van der Waals surface area contributed by atoms with Gasteiger partial charge in [-0.25, -0.2) is 8.42 Å². The van der Waals surface area contributed by atoms with Crippen LogP contribution in [0.4, 0.5) is 5.69 Å². The van der Waals surface area contributed by atoms with Crippen molar-refractivity contribution in [1.82, 2.24) is 4.31 Å². The van der Waals surface area contributed by atoms with Gasteiger partial charge in [-0.3, -0.25) is 4.79 Å².